The van der Waals surface area contributed by atoms with Crippen molar-refractivity contribution in [3.05, 3.63) is 54.6 Å². The Kier molecular flexibility index (Phi) is 5.85. The Morgan fingerprint density at radius 3 is 2.80 bits per heavy atom. The van der Waals surface area contributed by atoms with Crippen LogP contribution in [0.4, 0.5) is 20.7 Å². The van der Waals surface area contributed by atoms with Crippen LogP contribution in [-0.4, -0.2) is 66.4 Å². The molecule has 1 saturated heterocycles. The number of nitrogens with one attached hydrogen (secondary N) is 1. The molecule has 2 aromatic heterocycles. The van der Waals surface area contributed by atoms with Gasteiger partial charge in [-0.1, -0.05) is 0 Å². The summed E-state index contributed by atoms with van der Waals surface area (Å²) in [5.41, 5.74) is 1.67. The molecule has 3 heterocycles. The van der Waals surface area contributed by atoms with Gasteiger partial charge in [0, 0.05) is 57.1 Å². The third-order valence-electron chi connectivity index (χ3n) is 5.31. The van der Waals surface area contributed by atoms with Crippen molar-refractivity contribution in [2.75, 3.05) is 50.1 Å². The Hall–Kier alpha value is -3.13. The molecular weight excluding hydrogens is 385 g/mol. The lowest BCUT2D eigenvalue weighted by atomic mass is 10.2. The highest BCUT2D eigenvalue weighted by Crippen LogP contribution is 2.25. The number of halogens is 1. The molecule has 158 valence electrons. The molecule has 0 spiro atoms. The number of anilines is 2. The second kappa shape index (κ2) is 8.71. The van der Waals surface area contributed by atoms with E-state index in [1.807, 2.05) is 17.0 Å². The first-order chi connectivity index (χ1) is 14.6. The summed E-state index contributed by atoms with van der Waals surface area (Å²) < 4.78 is 20.2. The first kappa shape index (κ1) is 20.2. The molecule has 0 aliphatic carbocycles. The Morgan fingerprint density at radius 1 is 1.23 bits per heavy atom. The summed E-state index contributed by atoms with van der Waals surface area (Å²) in [6.07, 6.45) is 3.49. The van der Waals surface area contributed by atoms with E-state index in [4.69, 9.17) is 4.74 Å². The van der Waals surface area contributed by atoms with E-state index in [1.165, 1.54) is 12.1 Å². The molecule has 1 unspecified atom stereocenters. The lowest BCUT2D eigenvalue weighted by Gasteiger charge is -2.36. The normalized spacial score (nSPS) is 15.4. The van der Waals surface area contributed by atoms with Crippen LogP contribution in [0.1, 0.15) is 6.92 Å². The van der Waals surface area contributed by atoms with Gasteiger partial charge in [-0.25, -0.2) is 14.2 Å². The summed E-state index contributed by atoms with van der Waals surface area (Å²) >= 11 is 0. The van der Waals surface area contributed by atoms with Crippen molar-refractivity contribution in [1.29, 1.82) is 0 Å². The van der Waals surface area contributed by atoms with Gasteiger partial charge >= 0.3 is 6.03 Å². The second-order valence-corrected chi connectivity index (χ2v) is 7.52. The molecule has 1 aliphatic heterocycles. The van der Waals surface area contributed by atoms with Crippen molar-refractivity contribution in [3.8, 4) is 0 Å². The van der Waals surface area contributed by atoms with Gasteiger partial charge in [0.05, 0.1) is 17.8 Å². The number of methoxy groups -OCH3 is 1. The number of piperazine rings is 1. The van der Waals surface area contributed by atoms with E-state index < -0.39 is 0 Å². The molecule has 7 nitrogen and oxygen atoms in total. The molecule has 8 heteroatoms. The zero-order chi connectivity index (χ0) is 21.1. The minimum Gasteiger partial charge on any atom is -0.383 e. The number of hydrogen-bond acceptors (Lipinski definition) is 5. The Morgan fingerprint density at radius 2 is 2.03 bits per heavy atom. The highest BCUT2D eigenvalue weighted by Gasteiger charge is 2.25. The summed E-state index contributed by atoms with van der Waals surface area (Å²) in [5.74, 6) is 0.579. The summed E-state index contributed by atoms with van der Waals surface area (Å²) in [4.78, 5) is 21.6. The first-order valence-corrected chi connectivity index (χ1v) is 10.1. The fourth-order valence-electron chi connectivity index (χ4n) is 3.86. The lowest BCUT2D eigenvalue weighted by Crippen LogP contribution is -2.50. The van der Waals surface area contributed by atoms with Crippen LogP contribution in [0.5, 0.6) is 0 Å². The van der Waals surface area contributed by atoms with Crippen molar-refractivity contribution in [2.45, 2.75) is 13.0 Å². The molecular formula is C22H26FN5O2. The average Bonchev–Trinajstić information content (AvgIpc) is 3.17. The molecule has 1 fully saturated rings. The summed E-state index contributed by atoms with van der Waals surface area (Å²) in [6.45, 7) is 5.20. The fourth-order valence-corrected chi connectivity index (χ4v) is 3.86. The predicted octanol–water partition coefficient (Wildman–Crippen LogP) is 3.41. The van der Waals surface area contributed by atoms with E-state index in [2.05, 4.69) is 22.1 Å². The minimum atomic E-state index is -0.305. The zero-order valence-electron chi connectivity index (χ0n) is 17.2. The van der Waals surface area contributed by atoms with Crippen LogP contribution in [0, 0.1) is 5.82 Å². The number of nitrogens with zero attached hydrogens (tertiary/aromatic N) is 4. The van der Waals surface area contributed by atoms with Crippen LogP contribution in [0.2, 0.25) is 0 Å². The number of benzene rings is 1. The molecule has 1 atom stereocenters. The number of amides is 1. The van der Waals surface area contributed by atoms with E-state index in [0.717, 1.165) is 16.9 Å². The maximum Gasteiger partial charge on any atom is 0.328 e. The Bertz CT molecular complexity index is 1030. The van der Waals surface area contributed by atoms with Gasteiger partial charge in [-0.05, 0) is 43.3 Å². The number of carbonyl (C=O) groups is 1. The third kappa shape index (κ3) is 4.09. The number of rotatable bonds is 5. The lowest BCUT2D eigenvalue weighted by molar-refractivity contribution is 0.190. The largest absolute Gasteiger partial charge is 0.383 e. The van der Waals surface area contributed by atoms with Crippen LogP contribution in [0.15, 0.2) is 48.8 Å². The van der Waals surface area contributed by atoms with Gasteiger partial charge in [-0.15, -0.1) is 0 Å². The highest BCUT2D eigenvalue weighted by atomic mass is 19.1. The molecule has 1 amide bonds. The van der Waals surface area contributed by atoms with Gasteiger partial charge in [0.1, 0.15) is 5.82 Å². The molecule has 1 N–H and O–H groups in total. The number of pyridine rings is 1. The number of carbonyl (C=O) groups excluding carboxylic acids is 1. The van der Waals surface area contributed by atoms with Crippen LogP contribution >= 0.6 is 0 Å². The minimum absolute atomic E-state index is 0.0932. The second-order valence-electron chi connectivity index (χ2n) is 7.52. The molecule has 0 bridgehead atoms. The smallest absolute Gasteiger partial charge is 0.328 e. The van der Waals surface area contributed by atoms with Gasteiger partial charge in [0.15, 0.2) is 5.82 Å². The SMILES string of the molecule is COCC(C)Nc1cccnc1N1CCN(C(=O)n2ccc3cc(F)ccc32)CC1. The van der Waals surface area contributed by atoms with E-state index in [1.54, 1.807) is 36.2 Å². The quantitative estimate of drug-likeness (QED) is 0.697. The van der Waals surface area contributed by atoms with Crippen LogP contribution < -0.4 is 10.2 Å². The van der Waals surface area contributed by atoms with Crippen LogP contribution in [0.3, 0.4) is 0 Å². The van der Waals surface area contributed by atoms with Crippen LogP contribution in [0.25, 0.3) is 10.9 Å². The first-order valence-electron chi connectivity index (χ1n) is 10.1. The maximum atomic E-state index is 13.4. The number of aromatic nitrogens is 2. The van der Waals surface area contributed by atoms with E-state index in [-0.39, 0.29) is 17.9 Å². The maximum absolute atomic E-state index is 13.4. The third-order valence-corrected chi connectivity index (χ3v) is 5.31. The summed E-state index contributed by atoms with van der Waals surface area (Å²) in [7, 11) is 1.68. The number of hydrogen-bond donors (Lipinski definition) is 1. The van der Waals surface area contributed by atoms with Crippen molar-refractivity contribution in [3.63, 3.8) is 0 Å². The molecule has 3 aromatic rings. The standard InChI is InChI=1S/C22H26FN5O2/c1-16(15-30-2)25-19-4-3-8-24-21(19)26-10-12-27(13-11-26)22(29)28-9-7-17-14-18(23)5-6-20(17)28/h3-9,14,16,25H,10-13,15H2,1-2H3. The molecule has 1 aliphatic rings. The van der Waals surface area contributed by atoms with E-state index >= 15 is 0 Å². The number of fused-ring (bicyclic) bond motifs is 1. The highest BCUT2D eigenvalue weighted by molar-refractivity contribution is 5.91. The zero-order valence-corrected chi connectivity index (χ0v) is 17.2. The van der Waals surface area contributed by atoms with E-state index in [0.29, 0.717) is 38.3 Å². The molecule has 0 saturated carbocycles. The van der Waals surface area contributed by atoms with Gasteiger partial charge in [-0.3, -0.25) is 4.57 Å². The van der Waals surface area contributed by atoms with Gasteiger partial charge in [0.25, 0.3) is 0 Å². The topological polar surface area (TPSA) is 62.6 Å². The van der Waals surface area contributed by atoms with Crippen molar-refractivity contribution in [1.82, 2.24) is 14.5 Å². The van der Waals surface area contributed by atoms with Crippen molar-refractivity contribution in [2.24, 2.45) is 0 Å². The summed E-state index contributed by atoms with van der Waals surface area (Å²) in [6, 6.07) is 10.2. The molecule has 30 heavy (non-hydrogen) atoms. The average molecular weight is 411 g/mol. The van der Waals surface area contributed by atoms with Gasteiger partial charge in [-0.2, -0.15) is 0 Å². The summed E-state index contributed by atoms with van der Waals surface area (Å²) in [5, 5.41) is 4.16. The Balaban J connectivity index is 1.44. The molecule has 1 aromatic carbocycles. The van der Waals surface area contributed by atoms with E-state index in [9.17, 15) is 9.18 Å². The number of ether oxygens (including phenoxy) is 1. The Labute approximate surface area is 175 Å². The monoisotopic (exact) mass is 411 g/mol. The van der Waals surface area contributed by atoms with Gasteiger partial charge < -0.3 is 19.9 Å². The van der Waals surface area contributed by atoms with Gasteiger partial charge in [0.2, 0.25) is 0 Å². The van der Waals surface area contributed by atoms with Crippen molar-refractivity contribution >= 4 is 28.4 Å². The predicted molar refractivity (Wildman–Crippen MR) is 116 cm³/mol. The van der Waals surface area contributed by atoms with Crippen molar-refractivity contribution < 1.29 is 13.9 Å². The fraction of sp³-hybridized carbons (Fsp3) is 0.364. The van der Waals surface area contributed by atoms with Crippen LogP contribution in [-0.2, 0) is 4.74 Å². The molecule has 0 radical (unpaired) electrons. The molecule has 4 rings (SSSR count).